The first-order valence-corrected chi connectivity index (χ1v) is 6.07. The molecule has 18 heavy (non-hydrogen) atoms. The largest absolute Gasteiger partial charge is 0.321 e. The Kier molecular flexibility index (Phi) is 4.07. The van der Waals surface area contributed by atoms with Crippen LogP contribution in [0.2, 0.25) is 15.2 Å². The van der Waals surface area contributed by atoms with E-state index < -0.39 is 0 Å². The summed E-state index contributed by atoms with van der Waals surface area (Å²) in [7, 11) is 0. The van der Waals surface area contributed by atoms with Crippen molar-refractivity contribution in [2.24, 2.45) is 0 Å². The van der Waals surface area contributed by atoms with Crippen molar-refractivity contribution >= 4 is 46.4 Å². The molecule has 0 unspecified atom stereocenters. The summed E-state index contributed by atoms with van der Waals surface area (Å²) in [5.74, 6) is -0.333. The van der Waals surface area contributed by atoms with E-state index in [1.165, 1.54) is 12.3 Å². The molecule has 1 heterocycles. The first-order chi connectivity index (χ1) is 8.56. The van der Waals surface area contributed by atoms with Crippen LogP contribution in [-0.2, 0) is 0 Å². The van der Waals surface area contributed by atoms with Crippen molar-refractivity contribution < 1.29 is 4.79 Å². The van der Waals surface area contributed by atoms with E-state index >= 15 is 0 Å². The maximum Gasteiger partial charge on any atom is 0.257 e. The molecule has 1 aromatic carbocycles. The Morgan fingerprint density at radius 3 is 2.50 bits per heavy atom. The molecular weight excluding hydrogens is 295 g/mol. The van der Waals surface area contributed by atoms with Crippen molar-refractivity contribution in [3.63, 3.8) is 0 Å². The smallest absolute Gasteiger partial charge is 0.257 e. The molecule has 2 aromatic rings. The summed E-state index contributed by atoms with van der Waals surface area (Å²) in [5.41, 5.74) is 0.881. The molecule has 1 aromatic heterocycles. The Balaban J connectivity index is 2.19. The fourth-order valence-electron chi connectivity index (χ4n) is 1.32. The second-order valence-corrected chi connectivity index (χ2v) is 4.68. The van der Waals surface area contributed by atoms with Gasteiger partial charge in [-0.05, 0) is 30.3 Å². The molecule has 0 saturated carbocycles. The second kappa shape index (κ2) is 5.57. The summed E-state index contributed by atoms with van der Waals surface area (Å²) in [5, 5.41) is 3.79. The standard InChI is InChI=1S/C12H7Cl3N2O/c13-7-1-3-9(10(14)5-7)12(18)17-8-2-4-11(15)16-6-8/h1-6H,(H,17,18). The highest BCUT2D eigenvalue weighted by molar-refractivity contribution is 6.37. The summed E-state index contributed by atoms with van der Waals surface area (Å²) in [6.45, 7) is 0. The SMILES string of the molecule is O=C(Nc1ccc(Cl)nc1)c1ccc(Cl)cc1Cl. The Morgan fingerprint density at radius 1 is 1.11 bits per heavy atom. The second-order valence-electron chi connectivity index (χ2n) is 3.45. The van der Waals surface area contributed by atoms with Crippen molar-refractivity contribution in [2.45, 2.75) is 0 Å². The van der Waals surface area contributed by atoms with Crippen LogP contribution in [-0.4, -0.2) is 10.9 Å². The average Bonchev–Trinajstić information content (AvgIpc) is 2.32. The number of hydrogen-bond donors (Lipinski definition) is 1. The highest BCUT2D eigenvalue weighted by Gasteiger charge is 2.10. The number of amides is 1. The van der Waals surface area contributed by atoms with Crippen LogP contribution >= 0.6 is 34.8 Å². The zero-order valence-electron chi connectivity index (χ0n) is 8.95. The number of anilines is 1. The number of carbonyl (C=O) groups is 1. The molecule has 0 radical (unpaired) electrons. The van der Waals surface area contributed by atoms with Gasteiger partial charge in [-0.1, -0.05) is 34.8 Å². The fourth-order valence-corrected chi connectivity index (χ4v) is 1.93. The molecule has 6 heteroatoms. The molecule has 0 bridgehead atoms. The van der Waals surface area contributed by atoms with Gasteiger partial charge in [0.2, 0.25) is 0 Å². The molecule has 0 aliphatic carbocycles. The summed E-state index contributed by atoms with van der Waals surface area (Å²) in [4.78, 5) is 15.8. The third-order valence-electron chi connectivity index (χ3n) is 2.16. The predicted octanol–water partition coefficient (Wildman–Crippen LogP) is 4.29. The van der Waals surface area contributed by atoms with Gasteiger partial charge in [-0.3, -0.25) is 4.79 Å². The van der Waals surface area contributed by atoms with Gasteiger partial charge in [0.1, 0.15) is 5.15 Å². The molecule has 1 N–H and O–H groups in total. The summed E-state index contributed by atoms with van der Waals surface area (Å²) >= 11 is 17.3. The Labute approximate surface area is 119 Å². The van der Waals surface area contributed by atoms with Gasteiger partial charge in [-0.2, -0.15) is 0 Å². The molecule has 92 valence electrons. The van der Waals surface area contributed by atoms with Gasteiger partial charge < -0.3 is 5.32 Å². The van der Waals surface area contributed by atoms with Crippen LogP contribution in [0, 0.1) is 0 Å². The van der Waals surface area contributed by atoms with Gasteiger partial charge in [0, 0.05) is 5.02 Å². The molecule has 0 saturated heterocycles. The van der Waals surface area contributed by atoms with Crippen molar-refractivity contribution in [1.82, 2.24) is 4.98 Å². The van der Waals surface area contributed by atoms with E-state index in [2.05, 4.69) is 10.3 Å². The third kappa shape index (κ3) is 3.13. The number of pyridine rings is 1. The first kappa shape index (κ1) is 13.1. The number of nitrogens with one attached hydrogen (secondary N) is 1. The van der Waals surface area contributed by atoms with E-state index in [0.717, 1.165) is 0 Å². The molecule has 0 atom stereocenters. The molecule has 3 nitrogen and oxygen atoms in total. The molecular formula is C12H7Cl3N2O. The molecule has 0 fully saturated rings. The quantitative estimate of drug-likeness (QED) is 0.841. The Hall–Kier alpha value is -1.29. The molecule has 2 rings (SSSR count). The van der Waals surface area contributed by atoms with Crippen LogP contribution in [0.15, 0.2) is 36.5 Å². The van der Waals surface area contributed by atoms with Crippen molar-refractivity contribution in [1.29, 1.82) is 0 Å². The van der Waals surface area contributed by atoms with Gasteiger partial charge >= 0.3 is 0 Å². The van der Waals surface area contributed by atoms with Gasteiger partial charge in [-0.15, -0.1) is 0 Å². The van der Waals surface area contributed by atoms with Crippen molar-refractivity contribution in [3.8, 4) is 0 Å². The van der Waals surface area contributed by atoms with Crippen LogP contribution in [0.4, 0.5) is 5.69 Å². The predicted molar refractivity (Wildman–Crippen MR) is 73.7 cm³/mol. The van der Waals surface area contributed by atoms with Crippen LogP contribution in [0.3, 0.4) is 0 Å². The van der Waals surface area contributed by atoms with Crippen LogP contribution in [0.25, 0.3) is 0 Å². The number of aromatic nitrogens is 1. The number of nitrogens with zero attached hydrogens (tertiary/aromatic N) is 1. The van der Waals surface area contributed by atoms with Gasteiger partial charge in [0.05, 0.1) is 22.5 Å². The molecule has 0 aliphatic heterocycles. The van der Waals surface area contributed by atoms with E-state index in [4.69, 9.17) is 34.8 Å². The summed E-state index contributed by atoms with van der Waals surface area (Å²) < 4.78 is 0. The van der Waals surface area contributed by atoms with E-state index in [-0.39, 0.29) is 5.91 Å². The molecule has 0 spiro atoms. The summed E-state index contributed by atoms with van der Waals surface area (Å²) in [6.07, 6.45) is 1.46. The normalized spacial score (nSPS) is 10.2. The zero-order valence-corrected chi connectivity index (χ0v) is 11.2. The summed E-state index contributed by atoms with van der Waals surface area (Å²) in [6, 6.07) is 7.90. The minimum absolute atomic E-state index is 0.293. The van der Waals surface area contributed by atoms with Gasteiger partial charge in [0.25, 0.3) is 5.91 Å². The monoisotopic (exact) mass is 300 g/mol. The number of carbonyl (C=O) groups excluding carboxylic acids is 1. The Morgan fingerprint density at radius 2 is 1.89 bits per heavy atom. The van der Waals surface area contributed by atoms with Gasteiger partial charge in [0.15, 0.2) is 0 Å². The lowest BCUT2D eigenvalue weighted by Gasteiger charge is -2.06. The number of rotatable bonds is 2. The van der Waals surface area contributed by atoms with E-state index in [9.17, 15) is 4.79 Å². The topological polar surface area (TPSA) is 42.0 Å². The number of benzene rings is 1. The maximum absolute atomic E-state index is 11.9. The van der Waals surface area contributed by atoms with Crippen LogP contribution in [0.5, 0.6) is 0 Å². The van der Waals surface area contributed by atoms with Gasteiger partial charge in [-0.25, -0.2) is 4.98 Å². The van der Waals surface area contributed by atoms with Crippen molar-refractivity contribution in [3.05, 3.63) is 57.3 Å². The first-order valence-electron chi connectivity index (χ1n) is 4.94. The number of halogens is 3. The highest BCUT2D eigenvalue weighted by Crippen LogP contribution is 2.22. The van der Waals surface area contributed by atoms with E-state index in [0.29, 0.717) is 26.4 Å². The average molecular weight is 302 g/mol. The highest BCUT2D eigenvalue weighted by atomic mass is 35.5. The Bertz CT molecular complexity index is 584. The van der Waals surface area contributed by atoms with Crippen molar-refractivity contribution in [2.75, 3.05) is 5.32 Å². The number of hydrogen-bond acceptors (Lipinski definition) is 2. The molecule has 0 aliphatic rings. The fraction of sp³-hybridized carbons (Fsp3) is 0. The minimum atomic E-state index is -0.333. The van der Waals surface area contributed by atoms with E-state index in [1.54, 1.807) is 24.3 Å². The minimum Gasteiger partial charge on any atom is -0.321 e. The maximum atomic E-state index is 11.9. The van der Waals surface area contributed by atoms with Crippen LogP contribution in [0.1, 0.15) is 10.4 Å². The lowest BCUT2D eigenvalue weighted by atomic mass is 10.2. The zero-order chi connectivity index (χ0) is 13.1. The lowest BCUT2D eigenvalue weighted by molar-refractivity contribution is 0.102. The lowest BCUT2D eigenvalue weighted by Crippen LogP contribution is -2.12. The third-order valence-corrected chi connectivity index (χ3v) is 2.93. The van der Waals surface area contributed by atoms with E-state index in [1.807, 2.05) is 0 Å². The van der Waals surface area contributed by atoms with Crippen LogP contribution < -0.4 is 5.32 Å². The molecule has 1 amide bonds.